The summed E-state index contributed by atoms with van der Waals surface area (Å²) in [6.45, 7) is 6.69. The summed E-state index contributed by atoms with van der Waals surface area (Å²) in [5.41, 5.74) is 6.13. The molecule has 0 amide bonds. The molecule has 3 unspecified atom stereocenters. The molecule has 2 rings (SSSR count). The van der Waals surface area contributed by atoms with Crippen LogP contribution in [0.2, 0.25) is 0 Å². The van der Waals surface area contributed by atoms with Crippen LogP contribution in [0.15, 0.2) is 0 Å². The van der Waals surface area contributed by atoms with E-state index in [9.17, 15) is 0 Å². The Bertz CT molecular complexity index is 204. The van der Waals surface area contributed by atoms with Crippen LogP contribution in [0.25, 0.3) is 0 Å². The van der Waals surface area contributed by atoms with Gasteiger partial charge in [-0.25, -0.2) is 0 Å². The Balaban J connectivity index is 1.76. The highest BCUT2D eigenvalue weighted by molar-refractivity contribution is 4.83. The minimum absolute atomic E-state index is 0.425. The van der Waals surface area contributed by atoms with Crippen molar-refractivity contribution in [2.45, 2.75) is 51.2 Å². The van der Waals surface area contributed by atoms with E-state index in [0.29, 0.717) is 18.1 Å². The number of hydrogen-bond donors (Lipinski definition) is 1. The lowest BCUT2D eigenvalue weighted by atomic mass is 9.90. The van der Waals surface area contributed by atoms with Crippen LogP contribution in [0, 0.1) is 5.92 Å². The van der Waals surface area contributed by atoms with Crippen molar-refractivity contribution in [1.29, 1.82) is 0 Å². The van der Waals surface area contributed by atoms with Gasteiger partial charge in [-0.05, 0) is 38.1 Å². The Kier molecular flexibility index (Phi) is 4.62. The Hall–Kier alpha value is -0.120. The van der Waals surface area contributed by atoms with Crippen molar-refractivity contribution in [1.82, 2.24) is 4.90 Å². The van der Waals surface area contributed by atoms with Crippen molar-refractivity contribution in [2.24, 2.45) is 11.7 Å². The number of rotatable bonds is 3. The highest BCUT2D eigenvalue weighted by Crippen LogP contribution is 2.21. The van der Waals surface area contributed by atoms with Gasteiger partial charge in [-0.1, -0.05) is 13.3 Å². The molecule has 3 heteroatoms. The molecule has 3 atom stereocenters. The number of likely N-dealkylation sites (tertiary alicyclic amines) is 1. The third-order valence-corrected chi connectivity index (χ3v) is 4.14. The zero-order valence-corrected chi connectivity index (χ0v) is 10.5. The highest BCUT2D eigenvalue weighted by Gasteiger charge is 2.27. The predicted molar refractivity (Wildman–Crippen MR) is 66.4 cm³/mol. The maximum atomic E-state index is 6.13. The van der Waals surface area contributed by atoms with E-state index in [2.05, 4.69) is 11.8 Å². The number of piperidine rings is 1. The number of nitrogens with two attached hydrogens (primary N) is 1. The minimum Gasteiger partial charge on any atom is -0.377 e. The Morgan fingerprint density at radius 2 is 2.19 bits per heavy atom. The fourth-order valence-electron chi connectivity index (χ4n) is 2.96. The molecule has 0 aromatic rings. The lowest BCUT2D eigenvalue weighted by molar-refractivity contribution is -0.0144. The molecule has 0 aliphatic carbocycles. The molecule has 0 saturated carbocycles. The van der Waals surface area contributed by atoms with Crippen LogP contribution in [0.1, 0.15) is 39.0 Å². The van der Waals surface area contributed by atoms with Crippen molar-refractivity contribution in [3.05, 3.63) is 0 Å². The van der Waals surface area contributed by atoms with E-state index in [1.165, 1.54) is 32.2 Å². The molecule has 0 spiro atoms. The van der Waals surface area contributed by atoms with E-state index >= 15 is 0 Å². The zero-order valence-electron chi connectivity index (χ0n) is 10.5. The molecular weight excluding hydrogens is 200 g/mol. The second-order valence-electron chi connectivity index (χ2n) is 5.37. The van der Waals surface area contributed by atoms with E-state index in [-0.39, 0.29) is 0 Å². The number of hydrogen-bond acceptors (Lipinski definition) is 3. The van der Waals surface area contributed by atoms with Crippen LogP contribution in [0.4, 0.5) is 0 Å². The molecule has 94 valence electrons. The molecule has 2 aliphatic heterocycles. The predicted octanol–water partition coefficient (Wildman–Crippen LogP) is 1.61. The molecular formula is C13H26N2O. The third-order valence-electron chi connectivity index (χ3n) is 4.14. The van der Waals surface area contributed by atoms with E-state index < -0.39 is 0 Å². The van der Waals surface area contributed by atoms with E-state index in [1.54, 1.807) is 0 Å². The smallest absolute Gasteiger partial charge is 0.0702 e. The van der Waals surface area contributed by atoms with Crippen LogP contribution in [-0.2, 0) is 4.74 Å². The molecule has 0 bridgehead atoms. The van der Waals surface area contributed by atoms with Crippen molar-refractivity contribution in [3.63, 3.8) is 0 Å². The molecule has 2 fully saturated rings. The second-order valence-corrected chi connectivity index (χ2v) is 5.37. The normalized spacial score (nSPS) is 37.5. The summed E-state index contributed by atoms with van der Waals surface area (Å²) in [5.74, 6) is 0.692. The first kappa shape index (κ1) is 12.3. The molecule has 2 saturated heterocycles. The molecule has 0 radical (unpaired) electrons. The first-order valence-electron chi connectivity index (χ1n) is 6.89. The van der Waals surface area contributed by atoms with E-state index in [0.717, 1.165) is 26.1 Å². The van der Waals surface area contributed by atoms with Gasteiger partial charge in [0.05, 0.1) is 6.10 Å². The van der Waals surface area contributed by atoms with Gasteiger partial charge < -0.3 is 15.4 Å². The first-order chi connectivity index (χ1) is 7.79. The van der Waals surface area contributed by atoms with E-state index in [4.69, 9.17) is 10.5 Å². The third kappa shape index (κ3) is 3.19. The second kappa shape index (κ2) is 5.99. The summed E-state index contributed by atoms with van der Waals surface area (Å²) >= 11 is 0. The summed E-state index contributed by atoms with van der Waals surface area (Å²) in [7, 11) is 0. The maximum Gasteiger partial charge on any atom is 0.0702 e. The van der Waals surface area contributed by atoms with Gasteiger partial charge in [0, 0.05) is 25.7 Å². The summed E-state index contributed by atoms with van der Waals surface area (Å²) in [5, 5.41) is 0. The average molecular weight is 226 g/mol. The largest absolute Gasteiger partial charge is 0.377 e. The molecule has 2 aliphatic rings. The minimum atomic E-state index is 0.425. The lowest BCUT2D eigenvalue weighted by Crippen LogP contribution is -2.49. The molecule has 3 nitrogen and oxygen atoms in total. The van der Waals surface area contributed by atoms with Crippen molar-refractivity contribution >= 4 is 0 Å². The highest BCUT2D eigenvalue weighted by atomic mass is 16.5. The van der Waals surface area contributed by atoms with Crippen molar-refractivity contribution in [3.8, 4) is 0 Å². The summed E-state index contributed by atoms with van der Waals surface area (Å²) < 4.78 is 5.80. The Morgan fingerprint density at radius 3 is 2.88 bits per heavy atom. The van der Waals surface area contributed by atoms with Gasteiger partial charge in [-0.15, -0.1) is 0 Å². The van der Waals surface area contributed by atoms with Crippen molar-refractivity contribution < 1.29 is 4.74 Å². The number of ether oxygens (including phenoxy) is 1. The van der Waals surface area contributed by atoms with Crippen LogP contribution >= 0.6 is 0 Å². The van der Waals surface area contributed by atoms with Gasteiger partial charge in [0.1, 0.15) is 0 Å². The molecule has 16 heavy (non-hydrogen) atoms. The monoisotopic (exact) mass is 226 g/mol. The summed E-state index contributed by atoms with van der Waals surface area (Å²) in [6.07, 6.45) is 6.70. The number of nitrogens with zero attached hydrogens (tertiary/aromatic N) is 1. The average Bonchev–Trinajstić information content (AvgIpc) is 2.33. The van der Waals surface area contributed by atoms with Crippen molar-refractivity contribution in [2.75, 3.05) is 26.2 Å². The maximum absolute atomic E-state index is 6.13. The topological polar surface area (TPSA) is 38.5 Å². The van der Waals surface area contributed by atoms with E-state index in [1.807, 2.05) is 0 Å². The fourth-order valence-corrected chi connectivity index (χ4v) is 2.96. The van der Waals surface area contributed by atoms with Gasteiger partial charge in [-0.2, -0.15) is 0 Å². The zero-order chi connectivity index (χ0) is 11.4. The van der Waals surface area contributed by atoms with Crippen LogP contribution < -0.4 is 5.73 Å². The van der Waals surface area contributed by atoms with Gasteiger partial charge in [0.2, 0.25) is 0 Å². The van der Waals surface area contributed by atoms with Gasteiger partial charge in [0.25, 0.3) is 0 Å². The fraction of sp³-hybridized carbons (Fsp3) is 1.00. The first-order valence-corrected chi connectivity index (χ1v) is 6.89. The lowest BCUT2D eigenvalue weighted by Gasteiger charge is -2.38. The van der Waals surface area contributed by atoms with Crippen LogP contribution in [0.3, 0.4) is 0 Å². The molecule has 0 aromatic carbocycles. The summed E-state index contributed by atoms with van der Waals surface area (Å²) in [4.78, 5) is 2.56. The molecule has 2 N–H and O–H groups in total. The summed E-state index contributed by atoms with van der Waals surface area (Å²) in [6, 6.07) is 0.425. The SMILES string of the molecule is CCC1CN(CC2CCCCO2)CCC1N. The van der Waals surface area contributed by atoms with Crippen LogP contribution in [-0.4, -0.2) is 43.3 Å². The van der Waals surface area contributed by atoms with Gasteiger partial charge >= 0.3 is 0 Å². The van der Waals surface area contributed by atoms with Gasteiger partial charge in [0.15, 0.2) is 0 Å². The quantitative estimate of drug-likeness (QED) is 0.794. The Labute approximate surface area is 99.3 Å². The van der Waals surface area contributed by atoms with Crippen LogP contribution in [0.5, 0.6) is 0 Å². The Morgan fingerprint density at radius 1 is 1.31 bits per heavy atom. The standard InChI is InChI=1S/C13H26N2O/c1-2-11-9-15(7-6-13(11)14)10-12-5-3-4-8-16-12/h11-13H,2-10,14H2,1H3. The molecule has 2 heterocycles. The van der Waals surface area contributed by atoms with Gasteiger partial charge in [-0.3, -0.25) is 0 Å². The molecule has 0 aromatic heterocycles.